The van der Waals surface area contributed by atoms with Gasteiger partial charge in [0.25, 0.3) is 5.56 Å². The number of nitrogens with zero attached hydrogens (tertiary/aromatic N) is 1. The molecular weight excluding hydrogens is 356 g/mol. The van der Waals surface area contributed by atoms with E-state index in [0.29, 0.717) is 18.7 Å². The average Bonchev–Trinajstić information content (AvgIpc) is 2.69. The van der Waals surface area contributed by atoms with Gasteiger partial charge in [-0.1, -0.05) is 12.1 Å². The van der Waals surface area contributed by atoms with Crippen LogP contribution in [0.15, 0.2) is 53.3 Å². The van der Waals surface area contributed by atoms with E-state index in [4.69, 9.17) is 9.47 Å². The lowest BCUT2D eigenvalue weighted by molar-refractivity contribution is -0.130. The maximum atomic E-state index is 12.5. The summed E-state index contributed by atoms with van der Waals surface area (Å²) < 4.78 is 10.7. The van der Waals surface area contributed by atoms with Gasteiger partial charge in [-0.25, -0.2) is 0 Å². The van der Waals surface area contributed by atoms with Crippen LogP contribution in [0.25, 0.3) is 10.9 Å². The Morgan fingerprint density at radius 2 is 1.75 bits per heavy atom. The number of H-pyrrole nitrogens is 1. The molecule has 0 saturated carbocycles. The van der Waals surface area contributed by atoms with Gasteiger partial charge in [0, 0.05) is 29.9 Å². The summed E-state index contributed by atoms with van der Waals surface area (Å²) in [5.41, 5.74) is 2.04. The van der Waals surface area contributed by atoms with Gasteiger partial charge in [-0.3, -0.25) is 9.59 Å². The van der Waals surface area contributed by atoms with E-state index in [2.05, 4.69) is 4.98 Å². The quantitative estimate of drug-likeness (QED) is 0.681. The Kier molecular flexibility index (Phi) is 5.99. The van der Waals surface area contributed by atoms with E-state index in [-0.39, 0.29) is 18.0 Å². The monoisotopic (exact) mass is 380 g/mol. The number of rotatable bonds is 7. The molecule has 0 saturated heterocycles. The van der Waals surface area contributed by atoms with Crippen molar-refractivity contribution in [3.8, 4) is 11.5 Å². The molecule has 0 spiro atoms. The van der Waals surface area contributed by atoms with Crippen molar-refractivity contribution >= 4 is 16.8 Å². The van der Waals surface area contributed by atoms with Crippen molar-refractivity contribution in [3.63, 3.8) is 0 Å². The third-order valence-electron chi connectivity index (χ3n) is 4.54. The molecule has 1 N–H and O–H groups in total. The maximum absolute atomic E-state index is 12.5. The Morgan fingerprint density at radius 1 is 1.04 bits per heavy atom. The predicted octanol–water partition coefficient (Wildman–Crippen LogP) is 3.48. The van der Waals surface area contributed by atoms with Crippen molar-refractivity contribution in [1.29, 1.82) is 0 Å². The van der Waals surface area contributed by atoms with Crippen LogP contribution < -0.4 is 15.0 Å². The fraction of sp³-hybridized carbons (Fsp3) is 0.273. The van der Waals surface area contributed by atoms with Crippen molar-refractivity contribution in [3.05, 3.63) is 70.0 Å². The van der Waals surface area contributed by atoms with Gasteiger partial charge < -0.3 is 19.4 Å². The number of hydrogen-bond donors (Lipinski definition) is 1. The molecule has 2 aromatic carbocycles. The third kappa shape index (κ3) is 4.52. The summed E-state index contributed by atoms with van der Waals surface area (Å²) in [4.78, 5) is 29.2. The van der Waals surface area contributed by atoms with E-state index in [1.807, 2.05) is 55.5 Å². The van der Waals surface area contributed by atoms with Gasteiger partial charge in [0.2, 0.25) is 5.91 Å². The van der Waals surface area contributed by atoms with Crippen molar-refractivity contribution in [2.75, 3.05) is 13.7 Å². The first-order valence-electron chi connectivity index (χ1n) is 9.17. The molecule has 1 heterocycles. The summed E-state index contributed by atoms with van der Waals surface area (Å²) >= 11 is 0. The van der Waals surface area contributed by atoms with E-state index in [9.17, 15) is 9.59 Å². The highest BCUT2D eigenvalue weighted by molar-refractivity contribution is 5.80. The Morgan fingerprint density at radius 3 is 2.39 bits per heavy atom. The lowest BCUT2D eigenvalue weighted by atomic mass is 10.1. The summed E-state index contributed by atoms with van der Waals surface area (Å²) in [7, 11) is 1.61. The molecule has 6 heteroatoms. The molecule has 0 unspecified atom stereocenters. The summed E-state index contributed by atoms with van der Waals surface area (Å²) in [6.45, 7) is 4.64. The number of methoxy groups -OCH3 is 1. The topological polar surface area (TPSA) is 71.6 Å². The molecular formula is C22H24N2O4. The van der Waals surface area contributed by atoms with Crippen molar-refractivity contribution in [1.82, 2.24) is 9.88 Å². The molecule has 0 fully saturated rings. The molecule has 28 heavy (non-hydrogen) atoms. The second-order valence-corrected chi connectivity index (χ2v) is 6.53. The molecule has 0 bridgehead atoms. The minimum absolute atomic E-state index is 0.0987. The molecule has 1 amide bonds. The minimum Gasteiger partial charge on any atom is -0.497 e. The highest BCUT2D eigenvalue weighted by Crippen LogP contribution is 2.20. The van der Waals surface area contributed by atoms with Gasteiger partial charge >= 0.3 is 0 Å². The lowest BCUT2D eigenvalue weighted by Gasteiger charge is -2.21. The predicted molar refractivity (Wildman–Crippen MR) is 109 cm³/mol. The van der Waals surface area contributed by atoms with Gasteiger partial charge in [-0.05, 0) is 48.9 Å². The van der Waals surface area contributed by atoms with Crippen LogP contribution in [0.3, 0.4) is 0 Å². The van der Waals surface area contributed by atoms with Crippen LogP contribution in [0.1, 0.15) is 25.0 Å². The van der Waals surface area contributed by atoms with Crippen LogP contribution in [0.4, 0.5) is 0 Å². The number of amides is 1. The van der Waals surface area contributed by atoms with Gasteiger partial charge in [-0.2, -0.15) is 0 Å². The lowest BCUT2D eigenvalue weighted by Crippen LogP contribution is -2.30. The number of fused-ring (bicyclic) bond motifs is 1. The van der Waals surface area contributed by atoms with Crippen LogP contribution in [0.5, 0.6) is 11.5 Å². The summed E-state index contributed by atoms with van der Waals surface area (Å²) in [5.74, 6) is 1.40. The van der Waals surface area contributed by atoms with Crippen molar-refractivity contribution in [2.24, 2.45) is 0 Å². The number of nitrogens with one attached hydrogen (secondary N) is 1. The third-order valence-corrected chi connectivity index (χ3v) is 4.54. The Hall–Kier alpha value is -3.28. The highest BCUT2D eigenvalue weighted by atomic mass is 16.5. The SMILES string of the molecule is CCOc1ccc2[nH]c(=O)c(CN(Cc3ccc(OC)cc3)C(C)=O)cc2c1. The fourth-order valence-corrected chi connectivity index (χ4v) is 3.04. The summed E-state index contributed by atoms with van der Waals surface area (Å²) in [6, 6.07) is 14.9. The number of carbonyl (C=O) groups is 1. The zero-order valence-corrected chi connectivity index (χ0v) is 16.3. The molecule has 0 aliphatic carbocycles. The number of carbonyl (C=O) groups excluding carboxylic acids is 1. The molecule has 6 nitrogen and oxygen atoms in total. The Labute approximate surface area is 163 Å². The number of aromatic nitrogens is 1. The van der Waals surface area contributed by atoms with Crippen molar-refractivity contribution < 1.29 is 14.3 Å². The molecule has 3 rings (SSSR count). The summed E-state index contributed by atoms with van der Waals surface area (Å²) in [5, 5.41) is 0.869. The molecule has 146 valence electrons. The number of ether oxygens (including phenoxy) is 2. The number of pyridine rings is 1. The zero-order valence-electron chi connectivity index (χ0n) is 16.3. The fourth-order valence-electron chi connectivity index (χ4n) is 3.04. The molecule has 1 aromatic heterocycles. The second kappa shape index (κ2) is 8.61. The van der Waals surface area contributed by atoms with Gasteiger partial charge in [0.15, 0.2) is 0 Å². The second-order valence-electron chi connectivity index (χ2n) is 6.53. The Bertz CT molecular complexity index is 1020. The highest BCUT2D eigenvalue weighted by Gasteiger charge is 2.14. The molecule has 0 radical (unpaired) electrons. The maximum Gasteiger partial charge on any atom is 0.253 e. The zero-order chi connectivity index (χ0) is 20.1. The smallest absolute Gasteiger partial charge is 0.253 e. The van der Waals surface area contributed by atoms with E-state index in [0.717, 1.165) is 28.0 Å². The average molecular weight is 380 g/mol. The first-order chi connectivity index (χ1) is 13.5. The standard InChI is InChI=1S/C22H24N2O4/c1-4-28-20-9-10-21-17(12-20)11-18(22(26)23-21)14-24(15(2)25)13-16-5-7-19(27-3)8-6-16/h5-12H,4,13-14H2,1-3H3,(H,23,26). The molecule has 0 aliphatic rings. The van der Waals surface area contributed by atoms with E-state index in [1.54, 1.807) is 12.0 Å². The van der Waals surface area contributed by atoms with Gasteiger partial charge in [0.05, 0.1) is 20.3 Å². The number of hydrogen-bond acceptors (Lipinski definition) is 4. The summed E-state index contributed by atoms with van der Waals surface area (Å²) in [6.07, 6.45) is 0. The van der Waals surface area contributed by atoms with Gasteiger partial charge in [-0.15, -0.1) is 0 Å². The van der Waals surface area contributed by atoms with Crippen LogP contribution in [0, 0.1) is 0 Å². The van der Waals surface area contributed by atoms with Gasteiger partial charge in [0.1, 0.15) is 11.5 Å². The normalized spacial score (nSPS) is 10.7. The van der Waals surface area contributed by atoms with Crippen LogP contribution in [-0.4, -0.2) is 29.5 Å². The molecule has 0 aliphatic heterocycles. The van der Waals surface area contributed by atoms with Crippen LogP contribution >= 0.6 is 0 Å². The first-order valence-corrected chi connectivity index (χ1v) is 9.17. The van der Waals surface area contributed by atoms with E-state index in [1.165, 1.54) is 6.92 Å². The van der Waals surface area contributed by atoms with Crippen LogP contribution in [0.2, 0.25) is 0 Å². The van der Waals surface area contributed by atoms with E-state index < -0.39 is 0 Å². The number of aromatic amines is 1. The largest absolute Gasteiger partial charge is 0.497 e. The number of benzene rings is 2. The van der Waals surface area contributed by atoms with Crippen molar-refractivity contribution in [2.45, 2.75) is 26.9 Å². The molecule has 3 aromatic rings. The Balaban J connectivity index is 1.87. The van der Waals surface area contributed by atoms with E-state index >= 15 is 0 Å². The minimum atomic E-state index is -0.197. The molecule has 0 atom stereocenters. The van der Waals surface area contributed by atoms with Crippen LogP contribution in [-0.2, 0) is 17.9 Å². The first kappa shape index (κ1) is 19.5.